The van der Waals surface area contributed by atoms with Gasteiger partial charge < -0.3 is 14.5 Å². The van der Waals surface area contributed by atoms with E-state index in [2.05, 4.69) is 4.98 Å². The number of carbonyl (C=O) groups excluding carboxylic acids is 2. The van der Waals surface area contributed by atoms with Crippen LogP contribution in [0.2, 0.25) is 0 Å². The van der Waals surface area contributed by atoms with Gasteiger partial charge in [-0.3, -0.25) is 14.6 Å². The van der Waals surface area contributed by atoms with E-state index in [1.807, 2.05) is 60.0 Å². The number of likely N-dealkylation sites (tertiary alicyclic amines) is 1. The van der Waals surface area contributed by atoms with Crippen molar-refractivity contribution in [2.24, 2.45) is 5.92 Å². The van der Waals surface area contributed by atoms with E-state index in [-0.39, 0.29) is 30.2 Å². The Morgan fingerprint density at radius 3 is 2.43 bits per heavy atom. The van der Waals surface area contributed by atoms with E-state index in [4.69, 9.17) is 4.74 Å². The first-order chi connectivity index (χ1) is 13.6. The molecule has 0 bridgehead atoms. The molecule has 2 aromatic rings. The number of aromatic nitrogens is 1. The van der Waals surface area contributed by atoms with Gasteiger partial charge in [-0.25, -0.2) is 0 Å². The van der Waals surface area contributed by atoms with Crippen LogP contribution in [0.1, 0.15) is 37.4 Å². The van der Waals surface area contributed by atoms with Gasteiger partial charge in [0, 0.05) is 38.4 Å². The number of benzene rings is 1. The minimum absolute atomic E-state index is 0.0180. The van der Waals surface area contributed by atoms with E-state index >= 15 is 0 Å². The Hall–Kier alpha value is -2.89. The lowest BCUT2D eigenvalue weighted by atomic mass is 9.92. The summed E-state index contributed by atoms with van der Waals surface area (Å²) in [6, 6.07) is 11.2. The highest BCUT2D eigenvalue weighted by Crippen LogP contribution is 2.39. The number of nitrogens with zero attached hydrogens (tertiary/aromatic N) is 3. The van der Waals surface area contributed by atoms with E-state index in [0.717, 1.165) is 16.9 Å². The average Bonchev–Trinajstić information content (AvgIpc) is 3.08. The van der Waals surface area contributed by atoms with Crippen LogP contribution < -0.4 is 4.74 Å². The standard InChI is InChI=1S/C22H27N3O3/c1-4-24(15-16-10-12-23-13-11-16)22(27)19-14-20(26)25(5-2)21(19)17-6-8-18(28-3)9-7-17/h6-13,19,21H,4-5,14-15H2,1-3H3/t19-,21+/m1/s1. The zero-order valence-electron chi connectivity index (χ0n) is 16.7. The minimum atomic E-state index is -0.386. The Balaban J connectivity index is 1.87. The number of amides is 2. The predicted molar refractivity (Wildman–Crippen MR) is 107 cm³/mol. The maximum atomic E-state index is 13.4. The molecule has 1 aromatic carbocycles. The third-order valence-corrected chi connectivity index (χ3v) is 5.36. The molecule has 2 amide bonds. The van der Waals surface area contributed by atoms with Crippen LogP contribution in [0.3, 0.4) is 0 Å². The lowest BCUT2D eigenvalue weighted by Gasteiger charge is -2.30. The molecular formula is C22H27N3O3. The molecule has 2 atom stereocenters. The van der Waals surface area contributed by atoms with Gasteiger partial charge in [0.25, 0.3) is 0 Å². The molecule has 0 aliphatic carbocycles. The predicted octanol–water partition coefficient (Wildman–Crippen LogP) is 3.05. The Labute approximate surface area is 166 Å². The molecular weight excluding hydrogens is 354 g/mol. The number of carbonyl (C=O) groups is 2. The maximum Gasteiger partial charge on any atom is 0.228 e. The van der Waals surface area contributed by atoms with Crippen molar-refractivity contribution in [2.45, 2.75) is 32.9 Å². The summed E-state index contributed by atoms with van der Waals surface area (Å²) in [7, 11) is 1.62. The van der Waals surface area contributed by atoms with Gasteiger partial charge in [-0.2, -0.15) is 0 Å². The Bertz CT molecular complexity index is 808. The molecule has 1 aromatic heterocycles. The molecule has 1 saturated heterocycles. The smallest absolute Gasteiger partial charge is 0.228 e. The quantitative estimate of drug-likeness (QED) is 0.740. The molecule has 2 heterocycles. The summed E-state index contributed by atoms with van der Waals surface area (Å²) >= 11 is 0. The monoisotopic (exact) mass is 381 g/mol. The molecule has 1 fully saturated rings. The number of rotatable bonds is 7. The first-order valence-corrected chi connectivity index (χ1v) is 9.70. The molecule has 6 heteroatoms. The summed E-state index contributed by atoms with van der Waals surface area (Å²) in [6.07, 6.45) is 3.70. The first-order valence-electron chi connectivity index (χ1n) is 9.70. The van der Waals surface area contributed by atoms with Gasteiger partial charge in [0.2, 0.25) is 11.8 Å². The van der Waals surface area contributed by atoms with Crippen molar-refractivity contribution in [2.75, 3.05) is 20.2 Å². The van der Waals surface area contributed by atoms with E-state index in [9.17, 15) is 9.59 Å². The lowest BCUT2D eigenvalue weighted by Crippen LogP contribution is -2.38. The molecule has 0 radical (unpaired) electrons. The second kappa shape index (κ2) is 8.87. The van der Waals surface area contributed by atoms with E-state index in [1.165, 1.54) is 0 Å². The van der Waals surface area contributed by atoms with Crippen LogP contribution in [-0.2, 0) is 16.1 Å². The van der Waals surface area contributed by atoms with Gasteiger partial charge in [-0.1, -0.05) is 12.1 Å². The van der Waals surface area contributed by atoms with Crippen LogP contribution >= 0.6 is 0 Å². The van der Waals surface area contributed by atoms with Gasteiger partial charge in [0.15, 0.2) is 0 Å². The first kappa shape index (κ1) is 19.9. The van der Waals surface area contributed by atoms with E-state index in [1.54, 1.807) is 19.5 Å². The van der Waals surface area contributed by atoms with Crippen LogP contribution in [-0.4, -0.2) is 46.8 Å². The SMILES string of the molecule is CCN(Cc1ccncc1)C(=O)[C@@H]1CC(=O)N(CC)[C@H]1c1ccc(OC)cc1. The van der Waals surface area contributed by atoms with E-state index < -0.39 is 0 Å². The highest BCUT2D eigenvalue weighted by Gasteiger charge is 2.45. The Morgan fingerprint density at radius 2 is 1.86 bits per heavy atom. The summed E-state index contributed by atoms with van der Waals surface area (Å²) in [5, 5.41) is 0. The molecule has 148 valence electrons. The molecule has 0 saturated carbocycles. The molecule has 0 unspecified atom stereocenters. The summed E-state index contributed by atoms with van der Waals surface area (Å²) in [5.74, 6) is 0.417. The van der Waals surface area contributed by atoms with E-state index in [0.29, 0.717) is 19.6 Å². The van der Waals surface area contributed by atoms with Crippen molar-refractivity contribution in [1.29, 1.82) is 0 Å². The topological polar surface area (TPSA) is 62.7 Å². The van der Waals surface area contributed by atoms with Gasteiger partial charge in [0.05, 0.1) is 19.1 Å². The third kappa shape index (κ3) is 4.01. The highest BCUT2D eigenvalue weighted by atomic mass is 16.5. The van der Waals surface area contributed by atoms with Crippen molar-refractivity contribution in [1.82, 2.24) is 14.8 Å². The van der Waals surface area contributed by atoms with Crippen molar-refractivity contribution in [3.63, 3.8) is 0 Å². The minimum Gasteiger partial charge on any atom is -0.497 e. The fourth-order valence-electron chi connectivity index (χ4n) is 3.89. The maximum absolute atomic E-state index is 13.4. The zero-order valence-corrected chi connectivity index (χ0v) is 16.7. The van der Waals surface area contributed by atoms with Crippen molar-refractivity contribution in [3.05, 3.63) is 59.9 Å². The fourth-order valence-corrected chi connectivity index (χ4v) is 3.89. The second-order valence-corrected chi connectivity index (χ2v) is 6.92. The third-order valence-electron chi connectivity index (χ3n) is 5.36. The Kier molecular flexibility index (Phi) is 6.29. The van der Waals surface area contributed by atoms with Gasteiger partial charge in [-0.05, 0) is 49.2 Å². The largest absolute Gasteiger partial charge is 0.497 e. The normalized spacial score (nSPS) is 19.0. The number of hydrogen-bond acceptors (Lipinski definition) is 4. The van der Waals surface area contributed by atoms with Gasteiger partial charge in [-0.15, -0.1) is 0 Å². The number of ether oxygens (including phenoxy) is 1. The molecule has 1 aliphatic rings. The molecule has 0 N–H and O–H groups in total. The summed E-state index contributed by atoms with van der Waals surface area (Å²) < 4.78 is 5.24. The van der Waals surface area contributed by atoms with Crippen LogP contribution in [0.25, 0.3) is 0 Å². The average molecular weight is 381 g/mol. The summed E-state index contributed by atoms with van der Waals surface area (Å²) in [5.41, 5.74) is 2.00. The summed E-state index contributed by atoms with van der Waals surface area (Å²) in [6.45, 7) is 5.61. The molecule has 28 heavy (non-hydrogen) atoms. The number of methoxy groups -OCH3 is 1. The van der Waals surface area contributed by atoms with Gasteiger partial charge >= 0.3 is 0 Å². The van der Waals surface area contributed by atoms with Crippen molar-refractivity contribution in [3.8, 4) is 5.75 Å². The molecule has 3 rings (SSSR count). The van der Waals surface area contributed by atoms with Crippen molar-refractivity contribution < 1.29 is 14.3 Å². The lowest BCUT2D eigenvalue weighted by molar-refractivity contribution is -0.137. The zero-order chi connectivity index (χ0) is 20.1. The molecule has 6 nitrogen and oxygen atoms in total. The Morgan fingerprint density at radius 1 is 1.18 bits per heavy atom. The number of hydrogen-bond donors (Lipinski definition) is 0. The highest BCUT2D eigenvalue weighted by molar-refractivity contribution is 5.90. The van der Waals surface area contributed by atoms with Crippen LogP contribution in [0.15, 0.2) is 48.8 Å². The summed E-state index contributed by atoms with van der Waals surface area (Å²) in [4.78, 5) is 33.7. The molecule has 0 spiro atoms. The fraction of sp³-hybridized carbons (Fsp3) is 0.409. The van der Waals surface area contributed by atoms with Crippen LogP contribution in [0.5, 0.6) is 5.75 Å². The van der Waals surface area contributed by atoms with Crippen molar-refractivity contribution >= 4 is 11.8 Å². The molecule has 1 aliphatic heterocycles. The second-order valence-electron chi connectivity index (χ2n) is 6.92. The van der Waals surface area contributed by atoms with Crippen LogP contribution in [0.4, 0.5) is 0 Å². The van der Waals surface area contributed by atoms with Crippen LogP contribution in [0, 0.1) is 5.92 Å². The number of pyridine rings is 1. The van der Waals surface area contributed by atoms with Gasteiger partial charge in [0.1, 0.15) is 5.75 Å².